The van der Waals surface area contributed by atoms with Crippen LogP contribution >= 0.6 is 0 Å². The highest BCUT2D eigenvalue weighted by Gasteiger charge is 2.20. The van der Waals surface area contributed by atoms with Crippen LogP contribution < -0.4 is 4.72 Å². The molecular weight excluding hydrogens is 289 g/mol. The topological polar surface area (TPSA) is 112 Å². The fourth-order valence-corrected chi connectivity index (χ4v) is 2.55. The lowest BCUT2D eigenvalue weighted by molar-refractivity contribution is 0.0696. The van der Waals surface area contributed by atoms with Crippen molar-refractivity contribution in [3.05, 3.63) is 47.8 Å². The summed E-state index contributed by atoms with van der Waals surface area (Å²) in [5, 5.41) is 8.69. The Kier molecular flexibility index (Phi) is 3.81. The molecule has 0 aliphatic heterocycles. The molecule has 9 heteroatoms. The van der Waals surface area contributed by atoms with Gasteiger partial charge in [0.2, 0.25) is 10.0 Å². The van der Waals surface area contributed by atoms with E-state index >= 15 is 0 Å². The average Bonchev–Trinajstić information content (AvgIpc) is 2.89. The number of hydrogen-bond donors (Lipinski definition) is 3. The summed E-state index contributed by atoms with van der Waals surface area (Å²) in [5.41, 5.74) is 0.186. The van der Waals surface area contributed by atoms with Crippen LogP contribution in [0.4, 0.5) is 4.39 Å². The zero-order valence-corrected chi connectivity index (χ0v) is 10.8. The average molecular weight is 299 g/mol. The normalized spacial score (nSPS) is 11.4. The summed E-state index contributed by atoms with van der Waals surface area (Å²) in [6.07, 6.45) is 2.80. The number of imidazole rings is 1. The third kappa shape index (κ3) is 3.00. The number of carboxylic acids is 1. The number of halogens is 1. The summed E-state index contributed by atoms with van der Waals surface area (Å²) in [6, 6.07) is 2.59. The van der Waals surface area contributed by atoms with Gasteiger partial charge in [0.1, 0.15) is 10.7 Å². The number of aromatic nitrogens is 2. The minimum absolute atomic E-state index is 0.0809. The van der Waals surface area contributed by atoms with Crippen molar-refractivity contribution in [3.63, 3.8) is 0 Å². The maximum atomic E-state index is 13.7. The van der Waals surface area contributed by atoms with Gasteiger partial charge >= 0.3 is 5.97 Å². The van der Waals surface area contributed by atoms with E-state index in [1.807, 2.05) is 0 Å². The Hall–Kier alpha value is -2.26. The minimum atomic E-state index is -4.08. The molecule has 1 aromatic carbocycles. The van der Waals surface area contributed by atoms with E-state index in [2.05, 4.69) is 14.7 Å². The highest BCUT2D eigenvalue weighted by atomic mass is 32.2. The fraction of sp³-hybridized carbons (Fsp3) is 0.0909. The second-order valence-corrected chi connectivity index (χ2v) is 5.59. The SMILES string of the molecule is O=C(O)c1ccc(S(=O)(=O)NCc2cnc[nH]2)c(F)c1. The Morgan fingerprint density at radius 3 is 2.75 bits per heavy atom. The van der Waals surface area contributed by atoms with Crippen molar-refractivity contribution in [3.8, 4) is 0 Å². The first kappa shape index (κ1) is 14.2. The molecule has 0 spiro atoms. The number of aromatic amines is 1. The summed E-state index contributed by atoms with van der Waals surface area (Å²) in [5.74, 6) is -2.46. The molecule has 3 N–H and O–H groups in total. The molecule has 0 saturated carbocycles. The Morgan fingerprint density at radius 1 is 1.45 bits per heavy atom. The summed E-state index contributed by atoms with van der Waals surface area (Å²) in [4.78, 5) is 16.4. The lowest BCUT2D eigenvalue weighted by atomic mass is 10.2. The van der Waals surface area contributed by atoms with Gasteiger partial charge in [0.05, 0.1) is 18.4 Å². The van der Waals surface area contributed by atoms with Gasteiger partial charge in [-0.05, 0) is 18.2 Å². The van der Waals surface area contributed by atoms with E-state index in [4.69, 9.17) is 5.11 Å². The van der Waals surface area contributed by atoms with Crippen molar-refractivity contribution in [1.82, 2.24) is 14.7 Å². The maximum absolute atomic E-state index is 13.7. The number of carboxylic acid groups (broad SMARTS) is 1. The number of aromatic carboxylic acids is 1. The molecule has 0 atom stereocenters. The Bertz CT molecular complexity index is 728. The van der Waals surface area contributed by atoms with Gasteiger partial charge in [-0.1, -0.05) is 0 Å². The second-order valence-electron chi connectivity index (χ2n) is 3.85. The van der Waals surface area contributed by atoms with Crippen LogP contribution in [-0.2, 0) is 16.6 Å². The van der Waals surface area contributed by atoms with Crippen molar-refractivity contribution < 1.29 is 22.7 Å². The van der Waals surface area contributed by atoms with Gasteiger partial charge in [0, 0.05) is 11.9 Å². The highest BCUT2D eigenvalue weighted by Crippen LogP contribution is 2.16. The third-order valence-electron chi connectivity index (χ3n) is 2.48. The quantitative estimate of drug-likeness (QED) is 0.753. The van der Waals surface area contributed by atoms with Gasteiger partial charge in [0.25, 0.3) is 0 Å². The van der Waals surface area contributed by atoms with Crippen LogP contribution in [0.1, 0.15) is 16.1 Å². The first-order valence-corrected chi connectivity index (χ1v) is 6.88. The van der Waals surface area contributed by atoms with Gasteiger partial charge < -0.3 is 10.1 Å². The molecule has 0 aliphatic rings. The zero-order valence-electron chi connectivity index (χ0n) is 10.00. The number of carbonyl (C=O) groups is 1. The number of benzene rings is 1. The van der Waals surface area contributed by atoms with Crippen LogP contribution in [0.5, 0.6) is 0 Å². The monoisotopic (exact) mass is 299 g/mol. The van der Waals surface area contributed by atoms with E-state index in [1.54, 1.807) is 0 Å². The summed E-state index contributed by atoms with van der Waals surface area (Å²) in [7, 11) is -4.08. The van der Waals surface area contributed by atoms with Crippen LogP contribution in [0.15, 0.2) is 35.6 Å². The number of hydrogen-bond acceptors (Lipinski definition) is 4. The summed E-state index contributed by atoms with van der Waals surface area (Å²) in [6.45, 7) is -0.0809. The van der Waals surface area contributed by atoms with Crippen molar-refractivity contribution in [2.24, 2.45) is 0 Å². The molecule has 0 fully saturated rings. The van der Waals surface area contributed by atoms with Crippen LogP contribution in [0.3, 0.4) is 0 Å². The van der Waals surface area contributed by atoms with E-state index in [-0.39, 0.29) is 12.1 Å². The molecule has 0 amide bonds. The van der Waals surface area contributed by atoms with E-state index in [9.17, 15) is 17.6 Å². The van der Waals surface area contributed by atoms with Crippen molar-refractivity contribution >= 4 is 16.0 Å². The van der Waals surface area contributed by atoms with Crippen molar-refractivity contribution in [2.45, 2.75) is 11.4 Å². The van der Waals surface area contributed by atoms with Crippen molar-refractivity contribution in [2.75, 3.05) is 0 Å². The molecule has 2 aromatic rings. The molecule has 2 rings (SSSR count). The van der Waals surface area contributed by atoms with Gasteiger partial charge in [-0.25, -0.2) is 27.3 Å². The molecular formula is C11H10FN3O4S. The number of nitrogens with zero attached hydrogens (tertiary/aromatic N) is 1. The molecule has 0 aliphatic carbocycles. The number of nitrogens with one attached hydrogen (secondary N) is 2. The summed E-state index contributed by atoms with van der Waals surface area (Å²) >= 11 is 0. The van der Waals surface area contributed by atoms with E-state index < -0.39 is 26.7 Å². The largest absolute Gasteiger partial charge is 0.478 e. The van der Waals surface area contributed by atoms with Gasteiger partial charge in [-0.2, -0.15) is 0 Å². The van der Waals surface area contributed by atoms with Gasteiger partial charge in [0.15, 0.2) is 0 Å². The van der Waals surface area contributed by atoms with Crippen LogP contribution in [-0.4, -0.2) is 29.5 Å². The molecule has 7 nitrogen and oxygen atoms in total. The number of H-pyrrole nitrogens is 1. The number of rotatable bonds is 5. The van der Waals surface area contributed by atoms with Gasteiger partial charge in [-0.3, -0.25) is 0 Å². The van der Waals surface area contributed by atoms with E-state index in [0.717, 1.165) is 12.1 Å². The molecule has 0 saturated heterocycles. The standard InChI is InChI=1S/C11H10FN3O4S/c12-9-3-7(11(16)17)1-2-10(9)20(18,19)15-5-8-4-13-6-14-8/h1-4,6,15H,5H2,(H,13,14)(H,16,17). The smallest absolute Gasteiger partial charge is 0.335 e. The van der Waals surface area contributed by atoms with E-state index in [1.165, 1.54) is 12.5 Å². The van der Waals surface area contributed by atoms with Crippen LogP contribution in [0.25, 0.3) is 0 Å². The molecule has 1 aromatic heterocycles. The molecule has 0 unspecified atom stereocenters. The molecule has 106 valence electrons. The van der Waals surface area contributed by atoms with Gasteiger partial charge in [-0.15, -0.1) is 0 Å². The predicted octanol–water partition coefficient (Wildman–Crippen LogP) is 0.725. The first-order chi connectivity index (χ1) is 9.40. The Morgan fingerprint density at radius 2 is 2.20 bits per heavy atom. The van der Waals surface area contributed by atoms with Crippen molar-refractivity contribution in [1.29, 1.82) is 0 Å². The minimum Gasteiger partial charge on any atom is -0.478 e. The second kappa shape index (κ2) is 5.39. The Labute approximate surface area is 113 Å². The molecule has 0 bridgehead atoms. The predicted molar refractivity (Wildman–Crippen MR) is 66.0 cm³/mol. The maximum Gasteiger partial charge on any atom is 0.335 e. The lowest BCUT2D eigenvalue weighted by Gasteiger charge is -2.07. The van der Waals surface area contributed by atoms with Crippen LogP contribution in [0.2, 0.25) is 0 Å². The molecule has 20 heavy (non-hydrogen) atoms. The third-order valence-corrected chi connectivity index (χ3v) is 3.91. The fourth-order valence-electron chi connectivity index (χ4n) is 1.48. The summed E-state index contributed by atoms with van der Waals surface area (Å²) < 4.78 is 39.6. The molecule has 1 heterocycles. The number of sulfonamides is 1. The molecule has 0 radical (unpaired) electrons. The first-order valence-electron chi connectivity index (χ1n) is 5.40. The zero-order chi connectivity index (χ0) is 14.8. The Balaban J connectivity index is 2.23. The van der Waals surface area contributed by atoms with Crippen LogP contribution in [0, 0.1) is 5.82 Å². The van der Waals surface area contributed by atoms with E-state index in [0.29, 0.717) is 11.8 Å². The highest BCUT2D eigenvalue weighted by molar-refractivity contribution is 7.89. The lowest BCUT2D eigenvalue weighted by Crippen LogP contribution is -2.24.